The van der Waals surface area contributed by atoms with Gasteiger partial charge in [-0.05, 0) is 117 Å². The van der Waals surface area contributed by atoms with Crippen molar-refractivity contribution in [1.29, 1.82) is 0 Å². The molecule has 0 bridgehead atoms. The Labute approximate surface area is 412 Å². The highest BCUT2D eigenvalue weighted by atomic mass is 32.2. The monoisotopic (exact) mass is 1090 g/mol. The molecule has 0 saturated heterocycles. The third kappa shape index (κ3) is 11.7. The maximum atomic E-state index is 12.8. The number of methoxy groups -OCH3 is 1. The number of anilines is 1. The lowest BCUT2D eigenvalue weighted by Crippen LogP contribution is -2.33. The molecule has 0 spiro atoms. The van der Waals surface area contributed by atoms with Gasteiger partial charge in [0.2, 0.25) is 5.69 Å². The lowest BCUT2D eigenvalue weighted by molar-refractivity contribution is -0.433. The number of hydrogen-bond donors (Lipinski definition) is 5. The van der Waals surface area contributed by atoms with Gasteiger partial charge in [-0.25, -0.2) is 8.42 Å². The van der Waals surface area contributed by atoms with E-state index in [1.54, 1.807) is 31.2 Å². The Hall–Kier alpha value is -4.71. The van der Waals surface area contributed by atoms with Crippen molar-refractivity contribution in [3.05, 3.63) is 83.6 Å². The van der Waals surface area contributed by atoms with Crippen LogP contribution in [-0.4, -0.2) is 132 Å². The first kappa shape index (κ1) is 55.6. The van der Waals surface area contributed by atoms with Crippen LogP contribution in [0.1, 0.15) is 76.8 Å². The molecule has 388 valence electrons. The molecule has 21 nitrogen and oxygen atoms in total. The fourth-order valence-electron chi connectivity index (χ4n) is 9.88. The second-order valence-electron chi connectivity index (χ2n) is 17.6. The number of fused-ring (bicyclic) bond motifs is 6. The predicted octanol–water partition coefficient (Wildman–Crippen LogP) is 5.60. The van der Waals surface area contributed by atoms with Crippen LogP contribution in [0.25, 0.3) is 21.5 Å². The lowest BCUT2D eigenvalue weighted by atomic mass is 9.74. The van der Waals surface area contributed by atoms with Crippen molar-refractivity contribution in [2.24, 2.45) is 0 Å². The van der Waals surface area contributed by atoms with Crippen molar-refractivity contribution in [2.75, 3.05) is 50.7 Å². The Morgan fingerprint density at radius 2 is 1.32 bits per heavy atom. The average Bonchev–Trinajstić information content (AvgIpc) is 3.64. The van der Waals surface area contributed by atoms with E-state index in [-0.39, 0.29) is 85.7 Å². The van der Waals surface area contributed by atoms with Gasteiger partial charge < -0.3 is 24.0 Å². The second kappa shape index (κ2) is 20.7. The summed E-state index contributed by atoms with van der Waals surface area (Å²) < 4.78 is 192. The summed E-state index contributed by atoms with van der Waals surface area (Å²) in [6.07, 6.45) is 5.91. The van der Waals surface area contributed by atoms with Gasteiger partial charge in [0, 0.05) is 66.6 Å². The number of aliphatic carboxylic acids is 1. The Bertz CT molecular complexity index is 3480. The molecule has 6 rings (SSSR count). The first-order chi connectivity index (χ1) is 32.9. The summed E-state index contributed by atoms with van der Waals surface area (Å²) in [5.74, 6) is -1.73. The fraction of sp³-hybridized carbons (Fsp3) is 0.422. The molecule has 2 aliphatic rings. The molecule has 2 atom stereocenters. The number of allylic oxidation sites excluding steroid dienone is 4. The molecule has 0 amide bonds. The molecule has 2 unspecified atom stereocenters. The number of ether oxygens (including phenoxy) is 2. The number of rotatable bonds is 23. The minimum absolute atomic E-state index is 0.0470. The van der Waals surface area contributed by atoms with Crippen LogP contribution in [0.15, 0.2) is 92.0 Å². The molecule has 2 heterocycles. The molecule has 0 aromatic heterocycles. The fourth-order valence-corrected chi connectivity index (χ4v) is 13.1. The van der Waals surface area contributed by atoms with Gasteiger partial charge in [-0.3, -0.25) is 23.0 Å². The van der Waals surface area contributed by atoms with Crippen molar-refractivity contribution in [3.8, 4) is 0 Å². The summed E-state index contributed by atoms with van der Waals surface area (Å²) in [6, 6.07) is 9.16. The smallest absolute Gasteiger partial charge is 0.303 e. The number of benzene rings is 4. The molecule has 5 N–H and O–H groups in total. The number of hydrogen-bond acceptors (Lipinski definition) is 15. The van der Waals surface area contributed by atoms with Crippen LogP contribution in [0.3, 0.4) is 0 Å². The maximum absolute atomic E-state index is 12.8. The average molecular weight is 1090 g/mol. The predicted molar refractivity (Wildman–Crippen MR) is 259 cm³/mol. The van der Waals surface area contributed by atoms with Crippen molar-refractivity contribution >= 4 is 95.2 Å². The molecule has 0 saturated carbocycles. The van der Waals surface area contributed by atoms with Crippen LogP contribution in [-0.2, 0) is 75.7 Å². The summed E-state index contributed by atoms with van der Waals surface area (Å²) in [6.45, 7) is 6.30. The molecular formula is C45H54N2O19S5. The summed E-state index contributed by atoms with van der Waals surface area (Å²) in [7, 11) is -23.7. The second-order valence-corrected chi connectivity index (χ2v) is 24.8. The minimum Gasteiger partial charge on any atom is -0.744 e. The van der Waals surface area contributed by atoms with E-state index in [1.807, 2.05) is 23.3 Å². The SMILES string of the molecule is CC[N+]1=C(/C=C/C=C2/N(CCCCCC(=O)O)c3ccc4c(S(=O)(=O)[O-])cc(S(=O)(=O)O)cc4c3C2(C)CCCS(=O)(=O)O)C(C)(CCOCCOC)c2c1ccc1c(S(=O)(=O)O)cc(S(=O)(=O)O)cc21. The largest absolute Gasteiger partial charge is 0.744 e. The van der Waals surface area contributed by atoms with Crippen LogP contribution in [0, 0.1) is 0 Å². The quantitative estimate of drug-likeness (QED) is 0.0343. The topological polar surface area (TPSA) is 337 Å². The molecule has 4 aromatic carbocycles. The van der Waals surface area contributed by atoms with E-state index in [2.05, 4.69) is 0 Å². The molecule has 26 heteroatoms. The van der Waals surface area contributed by atoms with E-state index >= 15 is 0 Å². The third-order valence-electron chi connectivity index (χ3n) is 13.0. The van der Waals surface area contributed by atoms with Crippen LogP contribution >= 0.6 is 0 Å². The zero-order chi connectivity index (χ0) is 52.7. The zero-order valence-corrected chi connectivity index (χ0v) is 43.0. The van der Waals surface area contributed by atoms with Gasteiger partial charge in [0.25, 0.3) is 40.5 Å². The Kier molecular flexibility index (Phi) is 16.2. The van der Waals surface area contributed by atoms with E-state index in [0.717, 1.165) is 12.1 Å². The van der Waals surface area contributed by atoms with Crippen molar-refractivity contribution in [1.82, 2.24) is 0 Å². The molecule has 0 radical (unpaired) electrons. The molecule has 71 heavy (non-hydrogen) atoms. The van der Waals surface area contributed by atoms with Crippen LogP contribution in [0.2, 0.25) is 0 Å². The van der Waals surface area contributed by atoms with Crippen molar-refractivity contribution in [2.45, 2.75) is 96.1 Å². The highest BCUT2D eigenvalue weighted by Gasteiger charge is 2.49. The van der Waals surface area contributed by atoms with Crippen LogP contribution < -0.4 is 4.90 Å². The van der Waals surface area contributed by atoms with Crippen molar-refractivity contribution in [3.63, 3.8) is 0 Å². The van der Waals surface area contributed by atoms with E-state index in [9.17, 15) is 74.8 Å². The molecular weight excluding hydrogens is 1030 g/mol. The number of nitrogens with zero attached hydrogens (tertiary/aromatic N) is 2. The third-order valence-corrected chi connectivity index (χ3v) is 17.2. The van der Waals surface area contributed by atoms with E-state index < -0.39 is 92.7 Å². The van der Waals surface area contributed by atoms with E-state index in [4.69, 9.17) is 9.47 Å². The van der Waals surface area contributed by atoms with Gasteiger partial charge in [0.05, 0.1) is 39.1 Å². The first-order valence-corrected chi connectivity index (χ1v) is 29.4. The van der Waals surface area contributed by atoms with E-state index in [0.29, 0.717) is 59.7 Å². The summed E-state index contributed by atoms with van der Waals surface area (Å²) in [4.78, 5) is 9.76. The molecule has 2 aliphatic heterocycles. The number of carboxylic acid groups (broad SMARTS) is 1. The zero-order valence-electron chi connectivity index (χ0n) is 38.9. The van der Waals surface area contributed by atoms with E-state index in [1.165, 1.54) is 25.3 Å². The van der Waals surface area contributed by atoms with Crippen LogP contribution in [0.4, 0.5) is 11.4 Å². The van der Waals surface area contributed by atoms with Gasteiger partial charge in [-0.2, -0.15) is 38.2 Å². The Morgan fingerprint density at radius 3 is 1.89 bits per heavy atom. The summed E-state index contributed by atoms with van der Waals surface area (Å²) in [5.41, 5.74) is -0.00895. The maximum Gasteiger partial charge on any atom is 0.303 e. The molecule has 4 aromatic rings. The van der Waals surface area contributed by atoms with Crippen molar-refractivity contribution < 1.29 is 88.8 Å². The number of carboxylic acids is 1. The summed E-state index contributed by atoms with van der Waals surface area (Å²) in [5, 5.41) is 9.05. The standard InChI is InChI=1S/C45H54N2O19S5/c1-5-46-35-16-14-31-33(25-29(68(53,54)55)27-37(31)70(59,60)61)42(35)45(3,19-21-66-23-22-65-4)39(46)11-9-12-40-44(2,18-10-24-67(50,51)52)43-34-26-30(69(56,57)58)28-38(71(62,63)64)32(34)15-17-36(43)47(40)20-8-6-7-13-41(48)49/h9,11-12,14-17,25-28H,5-8,10,13,18-24H2,1-4H3,(H5-,48,49,50,51,52,53,54,55,56,57,58,59,60,61,62,63,64). The first-order valence-electron chi connectivity index (χ1n) is 22.0. The number of unbranched alkanes of at least 4 members (excludes halogenated alkanes) is 2. The normalized spacial score (nSPS) is 19.5. The van der Waals surface area contributed by atoms with Gasteiger partial charge in [-0.1, -0.05) is 18.6 Å². The lowest BCUT2D eigenvalue weighted by Gasteiger charge is -2.31. The van der Waals surface area contributed by atoms with Crippen LogP contribution in [0.5, 0.6) is 0 Å². The summed E-state index contributed by atoms with van der Waals surface area (Å²) >= 11 is 0. The highest BCUT2D eigenvalue weighted by molar-refractivity contribution is 7.87. The van der Waals surface area contributed by atoms with Gasteiger partial charge in [-0.15, -0.1) is 0 Å². The highest BCUT2D eigenvalue weighted by Crippen LogP contribution is 2.55. The van der Waals surface area contributed by atoms with Gasteiger partial charge >= 0.3 is 5.97 Å². The Balaban J connectivity index is 1.64. The van der Waals surface area contributed by atoms with Gasteiger partial charge in [0.15, 0.2) is 5.71 Å². The minimum atomic E-state index is -5.40. The molecule has 0 fully saturated rings. The van der Waals surface area contributed by atoms with Gasteiger partial charge in [0.1, 0.15) is 21.6 Å². The Morgan fingerprint density at radius 1 is 0.718 bits per heavy atom. The number of carbonyl (C=O) groups is 1. The molecule has 0 aliphatic carbocycles.